The minimum absolute atomic E-state index is 0.184. The maximum atomic E-state index is 13.6. The number of morpholine rings is 1. The standard InChI is InChI=1S/C21H26FN3O2S/c1-4-28-21-19(15(3)11-18(24-21)25-5-7-27-8-6-25)20(26)23-13-16-9-14(2)10-17(22)12-16/h9-12H,4-8,13H2,1-3H3,(H,23,26). The lowest BCUT2D eigenvalue weighted by atomic mass is 10.1. The maximum Gasteiger partial charge on any atom is 0.254 e. The molecule has 0 atom stereocenters. The first-order chi connectivity index (χ1) is 13.5. The van der Waals surface area contributed by atoms with Gasteiger partial charge in [0.05, 0.1) is 18.8 Å². The lowest BCUT2D eigenvalue weighted by Gasteiger charge is -2.28. The summed E-state index contributed by atoms with van der Waals surface area (Å²) in [5.41, 5.74) is 3.06. The van der Waals surface area contributed by atoms with E-state index >= 15 is 0 Å². The van der Waals surface area contributed by atoms with Gasteiger partial charge in [-0.15, -0.1) is 11.8 Å². The van der Waals surface area contributed by atoms with Crippen LogP contribution in [0.25, 0.3) is 0 Å². The second kappa shape index (κ2) is 9.39. The highest BCUT2D eigenvalue weighted by Crippen LogP contribution is 2.28. The zero-order valence-corrected chi connectivity index (χ0v) is 17.4. The SMILES string of the molecule is CCSc1nc(N2CCOCC2)cc(C)c1C(=O)NCc1cc(C)cc(F)c1. The molecule has 1 aliphatic heterocycles. The molecule has 1 aromatic carbocycles. The largest absolute Gasteiger partial charge is 0.378 e. The Bertz CT molecular complexity index is 834. The smallest absolute Gasteiger partial charge is 0.254 e. The fourth-order valence-electron chi connectivity index (χ4n) is 3.28. The number of anilines is 1. The van der Waals surface area contributed by atoms with E-state index in [1.165, 1.54) is 12.1 Å². The van der Waals surface area contributed by atoms with Crippen molar-refractivity contribution < 1.29 is 13.9 Å². The highest BCUT2D eigenvalue weighted by atomic mass is 32.2. The molecule has 0 radical (unpaired) electrons. The average Bonchev–Trinajstić information content (AvgIpc) is 2.66. The molecule has 0 bridgehead atoms. The van der Waals surface area contributed by atoms with Gasteiger partial charge in [0.1, 0.15) is 16.7 Å². The molecule has 1 aromatic heterocycles. The van der Waals surface area contributed by atoms with Crippen LogP contribution in [-0.2, 0) is 11.3 Å². The van der Waals surface area contributed by atoms with Crippen LogP contribution in [0.15, 0.2) is 29.3 Å². The molecular formula is C21H26FN3O2S. The van der Waals surface area contributed by atoms with Gasteiger partial charge in [-0.05, 0) is 54.5 Å². The summed E-state index contributed by atoms with van der Waals surface area (Å²) in [6.45, 7) is 9.06. The molecule has 0 aliphatic carbocycles. The van der Waals surface area contributed by atoms with Crippen LogP contribution in [0.4, 0.5) is 10.2 Å². The lowest BCUT2D eigenvalue weighted by Crippen LogP contribution is -2.37. The van der Waals surface area contributed by atoms with E-state index in [1.807, 2.05) is 32.9 Å². The van der Waals surface area contributed by atoms with Gasteiger partial charge in [-0.25, -0.2) is 9.37 Å². The second-order valence-corrected chi connectivity index (χ2v) is 8.08. The summed E-state index contributed by atoms with van der Waals surface area (Å²) in [5.74, 6) is 1.23. The molecule has 1 fully saturated rings. The topological polar surface area (TPSA) is 54.5 Å². The van der Waals surface area contributed by atoms with E-state index in [0.717, 1.165) is 46.4 Å². The highest BCUT2D eigenvalue weighted by Gasteiger charge is 2.20. The third kappa shape index (κ3) is 5.02. The Morgan fingerprint density at radius 2 is 2.00 bits per heavy atom. The van der Waals surface area contributed by atoms with Crippen molar-refractivity contribution in [2.75, 3.05) is 37.0 Å². The molecule has 2 aromatic rings. The monoisotopic (exact) mass is 403 g/mol. The number of amides is 1. The third-order valence-electron chi connectivity index (χ3n) is 4.57. The van der Waals surface area contributed by atoms with Crippen LogP contribution >= 0.6 is 11.8 Å². The zero-order valence-electron chi connectivity index (χ0n) is 16.5. The van der Waals surface area contributed by atoms with E-state index in [1.54, 1.807) is 11.8 Å². The van der Waals surface area contributed by atoms with Crippen LogP contribution in [0.5, 0.6) is 0 Å². The molecule has 0 unspecified atom stereocenters. The molecule has 3 rings (SSSR count). The normalized spacial score (nSPS) is 14.2. The Balaban J connectivity index is 1.81. The summed E-state index contributed by atoms with van der Waals surface area (Å²) < 4.78 is 19.0. The van der Waals surface area contributed by atoms with Crippen LogP contribution in [0.3, 0.4) is 0 Å². The number of rotatable bonds is 6. The maximum absolute atomic E-state index is 13.6. The molecule has 2 heterocycles. The van der Waals surface area contributed by atoms with E-state index in [4.69, 9.17) is 9.72 Å². The first kappa shape index (κ1) is 20.6. The van der Waals surface area contributed by atoms with Gasteiger partial charge in [-0.1, -0.05) is 13.0 Å². The number of aromatic nitrogens is 1. The van der Waals surface area contributed by atoms with Gasteiger partial charge in [-0.3, -0.25) is 4.79 Å². The van der Waals surface area contributed by atoms with Crippen molar-refractivity contribution in [1.82, 2.24) is 10.3 Å². The van der Waals surface area contributed by atoms with Gasteiger partial charge in [-0.2, -0.15) is 0 Å². The number of nitrogens with zero attached hydrogens (tertiary/aromatic N) is 2. The van der Waals surface area contributed by atoms with Crippen molar-refractivity contribution in [2.24, 2.45) is 0 Å². The number of carbonyl (C=O) groups is 1. The molecule has 28 heavy (non-hydrogen) atoms. The molecule has 1 saturated heterocycles. The minimum Gasteiger partial charge on any atom is -0.378 e. The van der Waals surface area contributed by atoms with Crippen LogP contribution in [-0.4, -0.2) is 42.9 Å². The number of nitrogens with one attached hydrogen (secondary N) is 1. The third-order valence-corrected chi connectivity index (χ3v) is 5.43. The average molecular weight is 404 g/mol. The fourth-order valence-corrected chi connectivity index (χ4v) is 4.11. The number of halogens is 1. The summed E-state index contributed by atoms with van der Waals surface area (Å²) in [5, 5.41) is 3.65. The van der Waals surface area contributed by atoms with E-state index in [0.29, 0.717) is 18.8 Å². The van der Waals surface area contributed by atoms with Crippen LogP contribution in [0, 0.1) is 19.7 Å². The van der Waals surface area contributed by atoms with Gasteiger partial charge in [0.25, 0.3) is 5.91 Å². The van der Waals surface area contributed by atoms with Crippen LogP contribution in [0.2, 0.25) is 0 Å². The lowest BCUT2D eigenvalue weighted by molar-refractivity contribution is 0.0946. The first-order valence-corrected chi connectivity index (χ1v) is 10.5. The molecule has 1 aliphatic rings. The Morgan fingerprint density at radius 1 is 1.25 bits per heavy atom. The Labute approximate surface area is 169 Å². The molecular weight excluding hydrogens is 377 g/mol. The van der Waals surface area contributed by atoms with Gasteiger partial charge in [0, 0.05) is 19.6 Å². The quantitative estimate of drug-likeness (QED) is 0.745. The Hall–Kier alpha value is -2.12. The van der Waals surface area contributed by atoms with Gasteiger partial charge in [0.15, 0.2) is 0 Å². The van der Waals surface area contributed by atoms with Crippen LogP contribution < -0.4 is 10.2 Å². The summed E-state index contributed by atoms with van der Waals surface area (Å²) in [4.78, 5) is 19.9. The van der Waals surface area contributed by atoms with Gasteiger partial charge in [0.2, 0.25) is 0 Å². The van der Waals surface area contributed by atoms with Crippen molar-refractivity contribution >= 4 is 23.5 Å². The number of aryl methyl sites for hydroxylation is 2. The molecule has 1 amide bonds. The number of pyridine rings is 1. The number of ether oxygens (including phenoxy) is 1. The molecule has 150 valence electrons. The van der Waals surface area contributed by atoms with Crippen molar-refractivity contribution in [1.29, 1.82) is 0 Å². The van der Waals surface area contributed by atoms with Crippen molar-refractivity contribution in [2.45, 2.75) is 32.3 Å². The van der Waals surface area contributed by atoms with E-state index < -0.39 is 0 Å². The molecule has 5 nitrogen and oxygen atoms in total. The predicted molar refractivity (Wildman–Crippen MR) is 111 cm³/mol. The van der Waals surface area contributed by atoms with Crippen molar-refractivity contribution in [3.8, 4) is 0 Å². The number of carbonyl (C=O) groups excluding carboxylic acids is 1. The number of hydrogen-bond donors (Lipinski definition) is 1. The summed E-state index contributed by atoms with van der Waals surface area (Å²) in [7, 11) is 0. The molecule has 0 saturated carbocycles. The second-order valence-electron chi connectivity index (χ2n) is 6.83. The van der Waals surface area contributed by atoms with Gasteiger partial charge < -0.3 is 15.0 Å². The molecule has 0 spiro atoms. The molecule has 7 heteroatoms. The number of thioether (sulfide) groups is 1. The van der Waals surface area contributed by atoms with E-state index in [2.05, 4.69) is 10.2 Å². The predicted octanol–water partition coefficient (Wildman–Crippen LogP) is 3.72. The van der Waals surface area contributed by atoms with Crippen molar-refractivity contribution in [3.05, 3.63) is 52.3 Å². The number of hydrogen-bond acceptors (Lipinski definition) is 5. The Morgan fingerprint density at radius 3 is 2.68 bits per heavy atom. The van der Waals surface area contributed by atoms with E-state index in [-0.39, 0.29) is 18.3 Å². The summed E-state index contributed by atoms with van der Waals surface area (Å²) in [6, 6.07) is 6.76. The summed E-state index contributed by atoms with van der Waals surface area (Å²) >= 11 is 1.56. The van der Waals surface area contributed by atoms with Crippen LogP contribution in [0.1, 0.15) is 34.0 Å². The Kier molecular flexibility index (Phi) is 6.91. The van der Waals surface area contributed by atoms with E-state index in [9.17, 15) is 9.18 Å². The number of benzene rings is 1. The van der Waals surface area contributed by atoms with Crippen molar-refractivity contribution in [3.63, 3.8) is 0 Å². The summed E-state index contributed by atoms with van der Waals surface area (Å²) in [6.07, 6.45) is 0. The fraction of sp³-hybridized carbons (Fsp3) is 0.429. The minimum atomic E-state index is -0.292. The van der Waals surface area contributed by atoms with Gasteiger partial charge >= 0.3 is 0 Å². The zero-order chi connectivity index (χ0) is 20.1. The highest BCUT2D eigenvalue weighted by molar-refractivity contribution is 7.99. The first-order valence-electron chi connectivity index (χ1n) is 9.49. The molecule has 1 N–H and O–H groups in total.